The predicted molar refractivity (Wildman–Crippen MR) is 69.6 cm³/mol. The maximum atomic E-state index is 12.6. The number of aromatic nitrogens is 1. The lowest BCUT2D eigenvalue weighted by Gasteiger charge is -2.28. The Morgan fingerprint density at radius 3 is 3.00 bits per heavy atom. The van der Waals surface area contributed by atoms with Gasteiger partial charge >= 0.3 is 0 Å². The molecule has 1 aliphatic rings. The van der Waals surface area contributed by atoms with Gasteiger partial charge in [-0.1, -0.05) is 0 Å². The van der Waals surface area contributed by atoms with Gasteiger partial charge in [-0.25, -0.2) is 4.98 Å². The topological polar surface area (TPSA) is 55.6 Å². The number of aryl methyl sites for hydroxylation is 2. The number of fused-ring (bicyclic) bond motifs is 1. The molecule has 0 radical (unpaired) electrons. The molecule has 0 saturated heterocycles. The number of rotatable bonds is 1. The van der Waals surface area contributed by atoms with Crippen LogP contribution in [0.15, 0.2) is 28.8 Å². The summed E-state index contributed by atoms with van der Waals surface area (Å²) in [4.78, 5) is 18.4. The lowest BCUT2D eigenvalue weighted by molar-refractivity contribution is 0.0974. The number of hydrogen-bond donors (Lipinski definition) is 0. The Morgan fingerprint density at radius 1 is 1.42 bits per heavy atom. The first-order chi connectivity index (χ1) is 9.16. The highest BCUT2D eigenvalue weighted by molar-refractivity contribution is 6.07. The van der Waals surface area contributed by atoms with Crippen molar-refractivity contribution in [3.63, 3.8) is 0 Å². The predicted octanol–water partition coefficient (Wildman–Crippen LogP) is 2.33. The van der Waals surface area contributed by atoms with Gasteiger partial charge in [-0.3, -0.25) is 9.69 Å². The molecule has 2 aromatic heterocycles. The normalized spacial score (nSPS) is 13.9. The highest BCUT2D eigenvalue weighted by Crippen LogP contribution is 2.30. The van der Waals surface area contributed by atoms with Gasteiger partial charge in [-0.15, -0.1) is 0 Å². The minimum atomic E-state index is -0.0769. The number of ether oxygens (including phenoxy) is 1. The minimum absolute atomic E-state index is 0.0769. The van der Waals surface area contributed by atoms with Crippen LogP contribution in [0.25, 0.3) is 0 Å². The Labute approximate surface area is 110 Å². The summed E-state index contributed by atoms with van der Waals surface area (Å²) in [5, 5.41) is 0. The number of nitrogens with zero attached hydrogens (tertiary/aromatic N) is 2. The van der Waals surface area contributed by atoms with Gasteiger partial charge in [0.25, 0.3) is 5.91 Å². The SMILES string of the molecule is Cc1cc(C(=O)N2CCOc3ncccc32)c(C)o1. The molecule has 1 amide bonds. The number of carbonyl (C=O) groups is 1. The second-order valence-corrected chi connectivity index (χ2v) is 4.46. The summed E-state index contributed by atoms with van der Waals surface area (Å²) in [5.74, 6) is 1.80. The molecule has 19 heavy (non-hydrogen) atoms. The van der Waals surface area contributed by atoms with Crippen molar-refractivity contribution in [2.45, 2.75) is 13.8 Å². The third-order valence-electron chi connectivity index (χ3n) is 3.11. The number of hydrogen-bond acceptors (Lipinski definition) is 4. The number of pyridine rings is 1. The maximum absolute atomic E-state index is 12.6. The van der Waals surface area contributed by atoms with E-state index in [0.717, 1.165) is 5.76 Å². The minimum Gasteiger partial charge on any atom is -0.474 e. The average molecular weight is 258 g/mol. The van der Waals surface area contributed by atoms with E-state index in [2.05, 4.69) is 4.98 Å². The zero-order valence-electron chi connectivity index (χ0n) is 10.8. The Balaban J connectivity index is 2.00. The maximum Gasteiger partial charge on any atom is 0.262 e. The Kier molecular flexibility index (Phi) is 2.74. The fourth-order valence-electron chi connectivity index (χ4n) is 2.25. The van der Waals surface area contributed by atoms with Crippen molar-refractivity contribution in [3.05, 3.63) is 41.5 Å². The van der Waals surface area contributed by atoms with E-state index in [1.165, 1.54) is 0 Å². The number of amides is 1. The molecule has 3 rings (SSSR count). The van der Waals surface area contributed by atoms with E-state index in [9.17, 15) is 4.79 Å². The second-order valence-electron chi connectivity index (χ2n) is 4.46. The van der Waals surface area contributed by atoms with Crippen LogP contribution in [0.2, 0.25) is 0 Å². The quantitative estimate of drug-likeness (QED) is 0.787. The van der Waals surface area contributed by atoms with Gasteiger partial charge in [0, 0.05) is 6.20 Å². The highest BCUT2D eigenvalue weighted by atomic mass is 16.5. The molecule has 0 N–H and O–H groups in total. The molecule has 0 bridgehead atoms. The van der Waals surface area contributed by atoms with Crippen LogP contribution >= 0.6 is 0 Å². The molecule has 2 aromatic rings. The fraction of sp³-hybridized carbons (Fsp3) is 0.286. The van der Waals surface area contributed by atoms with Gasteiger partial charge in [0.05, 0.1) is 12.1 Å². The first kappa shape index (κ1) is 11.8. The van der Waals surface area contributed by atoms with Crippen LogP contribution in [0.5, 0.6) is 5.88 Å². The molecule has 0 aliphatic carbocycles. The number of anilines is 1. The first-order valence-electron chi connectivity index (χ1n) is 6.13. The van der Waals surface area contributed by atoms with Crippen LogP contribution in [0.3, 0.4) is 0 Å². The van der Waals surface area contributed by atoms with Crippen LogP contribution in [-0.2, 0) is 0 Å². The molecule has 1 aliphatic heterocycles. The second kappa shape index (κ2) is 4.42. The lowest BCUT2D eigenvalue weighted by atomic mass is 10.2. The zero-order chi connectivity index (χ0) is 13.4. The lowest BCUT2D eigenvalue weighted by Crippen LogP contribution is -2.38. The Bertz CT molecular complexity index is 633. The van der Waals surface area contributed by atoms with Gasteiger partial charge < -0.3 is 9.15 Å². The van der Waals surface area contributed by atoms with Gasteiger partial charge in [-0.2, -0.15) is 0 Å². The summed E-state index contributed by atoms with van der Waals surface area (Å²) < 4.78 is 10.9. The van der Waals surface area contributed by atoms with Crippen LogP contribution in [0.4, 0.5) is 5.69 Å². The largest absolute Gasteiger partial charge is 0.474 e. The molecule has 98 valence electrons. The van der Waals surface area contributed by atoms with E-state index >= 15 is 0 Å². The Hall–Kier alpha value is -2.30. The molecule has 0 unspecified atom stereocenters. The van der Waals surface area contributed by atoms with E-state index in [4.69, 9.17) is 9.15 Å². The van der Waals surface area contributed by atoms with Crippen LogP contribution < -0.4 is 9.64 Å². The van der Waals surface area contributed by atoms with E-state index in [-0.39, 0.29) is 5.91 Å². The van der Waals surface area contributed by atoms with Crippen molar-refractivity contribution in [2.75, 3.05) is 18.1 Å². The van der Waals surface area contributed by atoms with Gasteiger partial charge in [0.15, 0.2) is 0 Å². The van der Waals surface area contributed by atoms with Gasteiger partial charge in [0.2, 0.25) is 5.88 Å². The monoisotopic (exact) mass is 258 g/mol. The summed E-state index contributed by atoms with van der Waals surface area (Å²) in [5.41, 5.74) is 1.30. The molecule has 0 spiro atoms. The molecule has 0 aromatic carbocycles. The first-order valence-corrected chi connectivity index (χ1v) is 6.13. The summed E-state index contributed by atoms with van der Waals surface area (Å²) in [7, 11) is 0. The van der Waals surface area contributed by atoms with Crippen LogP contribution in [0, 0.1) is 13.8 Å². The third-order valence-corrected chi connectivity index (χ3v) is 3.11. The standard InChI is InChI=1S/C14H14N2O3/c1-9-8-11(10(2)19-9)14(17)16-6-7-18-13-12(16)4-3-5-15-13/h3-5,8H,6-7H2,1-2H3. The van der Waals surface area contributed by atoms with Crippen LogP contribution in [-0.4, -0.2) is 24.0 Å². The van der Waals surface area contributed by atoms with Crippen LogP contribution in [0.1, 0.15) is 21.9 Å². The van der Waals surface area contributed by atoms with Crippen molar-refractivity contribution in [2.24, 2.45) is 0 Å². The van der Waals surface area contributed by atoms with Crippen molar-refractivity contribution < 1.29 is 13.9 Å². The third kappa shape index (κ3) is 1.97. The van der Waals surface area contributed by atoms with Crippen molar-refractivity contribution in [1.82, 2.24) is 4.98 Å². The molecule has 3 heterocycles. The number of carbonyl (C=O) groups excluding carboxylic acids is 1. The fourth-order valence-corrected chi connectivity index (χ4v) is 2.25. The smallest absolute Gasteiger partial charge is 0.262 e. The van der Waals surface area contributed by atoms with Crippen molar-refractivity contribution >= 4 is 11.6 Å². The summed E-state index contributed by atoms with van der Waals surface area (Å²) in [6.07, 6.45) is 1.65. The van der Waals surface area contributed by atoms with Gasteiger partial charge in [-0.05, 0) is 32.0 Å². The molecule has 5 heteroatoms. The average Bonchev–Trinajstić information content (AvgIpc) is 2.76. The van der Waals surface area contributed by atoms with E-state index in [0.29, 0.717) is 36.0 Å². The van der Waals surface area contributed by atoms with Gasteiger partial charge in [0.1, 0.15) is 23.8 Å². The van der Waals surface area contributed by atoms with Crippen molar-refractivity contribution in [1.29, 1.82) is 0 Å². The molecule has 0 atom stereocenters. The molecular formula is C14H14N2O3. The molecule has 0 saturated carbocycles. The summed E-state index contributed by atoms with van der Waals surface area (Å²) in [6.45, 7) is 4.59. The molecule has 5 nitrogen and oxygen atoms in total. The molecule has 0 fully saturated rings. The highest BCUT2D eigenvalue weighted by Gasteiger charge is 2.27. The Morgan fingerprint density at radius 2 is 2.26 bits per heavy atom. The van der Waals surface area contributed by atoms with Crippen molar-refractivity contribution in [3.8, 4) is 5.88 Å². The number of furan rings is 1. The summed E-state index contributed by atoms with van der Waals surface area (Å²) >= 11 is 0. The zero-order valence-corrected chi connectivity index (χ0v) is 10.8. The van der Waals surface area contributed by atoms with E-state index < -0.39 is 0 Å². The van der Waals surface area contributed by atoms with E-state index in [1.807, 2.05) is 13.0 Å². The van der Waals surface area contributed by atoms with E-state index in [1.54, 1.807) is 30.2 Å². The summed E-state index contributed by atoms with van der Waals surface area (Å²) in [6, 6.07) is 5.39. The molecular weight excluding hydrogens is 244 g/mol.